The standard InChI is InChI=1S/C24H40N4O2/c1-3-25-23(26-15-5-4-8-21-9-11-22(29-2)12-10-21)27-20-24(13-18-30-19-14-24)28-16-6-7-17-28/h9-12H,3-8,13-20H2,1-2H3,(H2,25,26,27). The van der Waals surface area contributed by atoms with Gasteiger partial charge in [-0.05, 0) is 82.7 Å². The zero-order valence-electron chi connectivity index (χ0n) is 18.9. The van der Waals surface area contributed by atoms with E-state index in [1.807, 2.05) is 12.1 Å². The average molecular weight is 417 g/mol. The van der Waals surface area contributed by atoms with Crippen molar-refractivity contribution < 1.29 is 9.47 Å². The topological polar surface area (TPSA) is 58.1 Å². The zero-order chi connectivity index (χ0) is 21.1. The third kappa shape index (κ3) is 6.61. The lowest BCUT2D eigenvalue weighted by atomic mass is 9.88. The van der Waals surface area contributed by atoms with E-state index in [9.17, 15) is 0 Å². The van der Waals surface area contributed by atoms with Crippen molar-refractivity contribution in [2.75, 3.05) is 53.0 Å². The molecule has 0 bridgehead atoms. The highest BCUT2D eigenvalue weighted by molar-refractivity contribution is 5.79. The normalized spacial score (nSPS) is 19.6. The number of benzene rings is 1. The summed E-state index contributed by atoms with van der Waals surface area (Å²) < 4.78 is 10.9. The highest BCUT2D eigenvalue weighted by Gasteiger charge is 2.39. The van der Waals surface area contributed by atoms with Gasteiger partial charge in [-0.15, -0.1) is 0 Å². The number of hydrogen-bond acceptors (Lipinski definition) is 4. The van der Waals surface area contributed by atoms with Crippen LogP contribution in [0.25, 0.3) is 0 Å². The Morgan fingerprint density at radius 1 is 1.10 bits per heavy atom. The van der Waals surface area contributed by atoms with Crippen molar-refractivity contribution in [1.29, 1.82) is 0 Å². The summed E-state index contributed by atoms with van der Waals surface area (Å²) in [6, 6.07) is 8.39. The molecule has 6 nitrogen and oxygen atoms in total. The smallest absolute Gasteiger partial charge is 0.191 e. The lowest BCUT2D eigenvalue weighted by Gasteiger charge is -2.43. The number of rotatable bonds is 10. The predicted octanol–water partition coefficient (Wildman–Crippen LogP) is 3.22. The SMILES string of the molecule is CCNC(=NCC1(N2CCCC2)CCOCC1)NCCCCc1ccc(OC)cc1. The minimum Gasteiger partial charge on any atom is -0.497 e. The van der Waals surface area contributed by atoms with Crippen LogP contribution in [0.2, 0.25) is 0 Å². The van der Waals surface area contributed by atoms with E-state index < -0.39 is 0 Å². The molecule has 0 atom stereocenters. The van der Waals surface area contributed by atoms with Crippen molar-refractivity contribution in [3.05, 3.63) is 29.8 Å². The Balaban J connectivity index is 1.46. The maximum Gasteiger partial charge on any atom is 0.191 e. The van der Waals surface area contributed by atoms with E-state index in [1.54, 1.807) is 7.11 Å². The molecule has 2 aliphatic heterocycles. The summed E-state index contributed by atoms with van der Waals surface area (Å²) in [4.78, 5) is 7.69. The molecular weight excluding hydrogens is 376 g/mol. The molecule has 2 N–H and O–H groups in total. The van der Waals surface area contributed by atoms with E-state index in [2.05, 4.69) is 34.6 Å². The van der Waals surface area contributed by atoms with Crippen LogP contribution >= 0.6 is 0 Å². The number of ether oxygens (including phenoxy) is 2. The summed E-state index contributed by atoms with van der Waals surface area (Å²) in [5.74, 6) is 1.87. The molecule has 1 aromatic rings. The highest BCUT2D eigenvalue weighted by Crippen LogP contribution is 2.31. The van der Waals surface area contributed by atoms with Crippen LogP contribution in [-0.4, -0.2) is 69.4 Å². The molecule has 1 aromatic carbocycles. The van der Waals surface area contributed by atoms with Gasteiger partial charge in [-0.2, -0.15) is 0 Å². The summed E-state index contributed by atoms with van der Waals surface area (Å²) in [5, 5.41) is 6.97. The van der Waals surface area contributed by atoms with Gasteiger partial charge < -0.3 is 20.1 Å². The Bertz CT molecular complexity index is 635. The number of guanidine groups is 1. The number of methoxy groups -OCH3 is 1. The molecular formula is C24H40N4O2. The molecule has 6 heteroatoms. The molecule has 0 unspecified atom stereocenters. The number of hydrogen-bond donors (Lipinski definition) is 2. The summed E-state index contributed by atoms with van der Waals surface area (Å²) in [6.45, 7) is 8.97. The Labute approximate surface area is 182 Å². The number of likely N-dealkylation sites (tertiary alicyclic amines) is 1. The van der Waals surface area contributed by atoms with Crippen LogP contribution in [0.15, 0.2) is 29.3 Å². The molecule has 168 valence electrons. The third-order valence-corrected chi connectivity index (χ3v) is 6.42. The quantitative estimate of drug-likeness (QED) is 0.348. The van der Waals surface area contributed by atoms with E-state index >= 15 is 0 Å². The van der Waals surface area contributed by atoms with Crippen LogP contribution in [0.1, 0.15) is 51.0 Å². The van der Waals surface area contributed by atoms with Gasteiger partial charge >= 0.3 is 0 Å². The molecule has 2 fully saturated rings. The van der Waals surface area contributed by atoms with Crippen LogP contribution in [0.3, 0.4) is 0 Å². The summed E-state index contributed by atoms with van der Waals surface area (Å²) in [7, 11) is 1.71. The van der Waals surface area contributed by atoms with E-state index in [0.717, 1.165) is 76.7 Å². The Kier molecular flexibility index (Phi) is 9.27. The van der Waals surface area contributed by atoms with Crippen LogP contribution in [0.4, 0.5) is 0 Å². The fourth-order valence-electron chi connectivity index (χ4n) is 4.54. The zero-order valence-corrected chi connectivity index (χ0v) is 18.9. The second-order valence-electron chi connectivity index (χ2n) is 8.46. The number of aryl methyl sites for hydroxylation is 1. The molecule has 2 aliphatic rings. The number of nitrogens with one attached hydrogen (secondary N) is 2. The fraction of sp³-hybridized carbons (Fsp3) is 0.708. The Morgan fingerprint density at radius 3 is 2.50 bits per heavy atom. The average Bonchev–Trinajstić information content (AvgIpc) is 3.34. The Hall–Kier alpha value is -1.79. The van der Waals surface area contributed by atoms with Crippen LogP contribution < -0.4 is 15.4 Å². The predicted molar refractivity (Wildman–Crippen MR) is 124 cm³/mol. The van der Waals surface area contributed by atoms with Crippen LogP contribution in [0.5, 0.6) is 5.75 Å². The lowest BCUT2D eigenvalue weighted by Crippen LogP contribution is -2.54. The third-order valence-electron chi connectivity index (χ3n) is 6.42. The highest BCUT2D eigenvalue weighted by atomic mass is 16.5. The molecule has 0 spiro atoms. The van der Waals surface area contributed by atoms with Gasteiger partial charge in [0.05, 0.1) is 13.7 Å². The van der Waals surface area contributed by atoms with Gasteiger partial charge in [0.2, 0.25) is 0 Å². The minimum atomic E-state index is 0.186. The summed E-state index contributed by atoms with van der Waals surface area (Å²) >= 11 is 0. The van der Waals surface area contributed by atoms with Gasteiger partial charge in [-0.1, -0.05) is 12.1 Å². The number of unbranched alkanes of at least 4 members (excludes halogenated alkanes) is 1. The molecule has 0 aromatic heterocycles. The molecule has 0 amide bonds. The maximum absolute atomic E-state index is 5.67. The van der Waals surface area contributed by atoms with Crippen molar-refractivity contribution in [3.8, 4) is 5.75 Å². The van der Waals surface area contributed by atoms with Gasteiger partial charge in [0.1, 0.15) is 5.75 Å². The van der Waals surface area contributed by atoms with Crippen molar-refractivity contribution >= 4 is 5.96 Å². The van der Waals surface area contributed by atoms with E-state index in [-0.39, 0.29) is 5.54 Å². The first-order valence-electron chi connectivity index (χ1n) is 11.7. The fourth-order valence-corrected chi connectivity index (χ4v) is 4.54. The number of aliphatic imine (C=N–C) groups is 1. The maximum atomic E-state index is 5.67. The minimum absolute atomic E-state index is 0.186. The van der Waals surface area contributed by atoms with Crippen molar-refractivity contribution in [2.45, 2.75) is 57.4 Å². The number of nitrogens with zero attached hydrogens (tertiary/aromatic N) is 2. The molecule has 0 aliphatic carbocycles. The molecule has 0 saturated carbocycles. The lowest BCUT2D eigenvalue weighted by molar-refractivity contribution is -0.0139. The van der Waals surface area contributed by atoms with Crippen LogP contribution in [0, 0.1) is 0 Å². The first-order valence-corrected chi connectivity index (χ1v) is 11.7. The molecule has 0 radical (unpaired) electrons. The van der Waals surface area contributed by atoms with Crippen molar-refractivity contribution in [1.82, 2.24) is 15.5 Å². The van der Waals surface area contributed by atoms with E-state index in [1.165, 1.54) is 31.5 Å². The molecule has 3 rings (SSSR count). The summed E-state index contributed by atoms with van der Waals surface area (Å²) in [5.41, 5.74) is 1.55. The van der Waals surface area contributed by atoms with Gasteiger partial charge in [-0.25, -0.2) is 0 Å². The van der Waals surface area contributed by atoms with Crippen molar-refractivity contribution in [2.24, 2.45) is 4.99 Å². The monoisotopic (exact) mass is 416 g/mol. The summed E-state index contributed by atoms with van der Waals surface area (Å²) in [6.07, 6.45) is 8.21. The van der Waals surface area contributed by atoms with Gasteiger partial charge in [0, 0.05) is 31.8 Å². The molecule has 2 saturated heterocycles. The largest absolute Gasteiger partial charge is 0.497 e. The van der Waals surface area contributed by atoms with Gasteiger partial charge in [-0.3, -0.25) is 9.89 Å². The first-order chi connectivity index (χ1) is 14.8. The second-order valence-corrected chi connectivity index (χ2v) is 8.46. The van der Waals surface area contributed by atoms with E-state index in [0.29, 0.717) is 0 Å². The van der Waals surface area contributed by atoms with Gasteiger partial charge in [0.15, 0.2) is 5.96 Å². The first kappa shape index (κ1) is 22.9. The van der Waals surface area contributed by atoms with Crippen molar-refractivity contribution in [3.63, 3.8) is 0 Å². The van der Waals surface area contributed by atoms with Crippen LogP contribution in [-0.2, 0) is 11.2 Å². The Morgan fingerprint density at radius 2 is 1.83 bits per heavy atom. The second kappa shape index (κ2) is 12.2. The van der Waals surface area contributed by atoms with E-state index in [4.69, 9.17) is 14.5 Å². The molecule has 2 heterocycles. The van der Waals surface area contributed by atoms with Gasteiger partial charge in [0.25, 0.3) is 0 Å². The molecule has 30 heavy (non-hydrogen) atoms.